The van der Waals surface area contributed by atoms with Crippen LogP contribution in [0.2, 0.25) is 5.02 Å². The van der Waals surface area contributed by atoms with Gasteiger partial charge in [0.2, 0.25) is 10.0 Å². The first-order valence-electron chi connectivity index (χ1n) is 6.27. The summed E-state index contributed by atoms with van der Waals surface area (Å²) in [5.41, 5.74) is 4.25. The molecule has 2 rings (SSSR count). The Labute approximate surface area is 125 Å². The Balaban J connectivity index is 2.60. The standard InChI is InChI=1S/C12H14ClF3N2O2S/c13-10-5-1-4-9(12(14,15)16)11(10)21(19,20)18-6-2-3-8(18)7-17/h1,4-5,8H,2-3,6-7,17H2/t8-/m1/s1. The molecule has 0 spiro atoms. The molecule has 1 atom stereocenters. The van der Waals surface area contributed by atoms with Gasteiger partial charge in [0.05, 0.1) is 10.6 Å². The van der Waals surface area contributed by atoms with Gasteiger partial charge in [-0.1, -0.05) is 17.7 Å². The van der Waals surface area contributed by atoms with Crippen LogP contribution in [-0.4, -0.2) is 31.9 Å². The average Bonchev–Trinajstić information content (AvgIpc) is 2.86. The Kier molecular flexibility index (Phi) is 4.53. The number of hydrogen-bond donors (Lipinski definition) is 1. The van der Waals surface area contributed by atoms with Gasteiger partial charge in [0.15, 0.2) is 0 Å². The lowest BCUT2D eigenvalue weighted by molar-refractivity contribution is -0.139. The lowest BCUT2D eigenvalue weighted by Crippen LogP contribution is -2.40. The minimum Gasteiger partial charge on any atom is -0.329 e. The first-order chi connectivity index (χ1) is 9.69. The Morgan fingerprint density at radius 3 is 2.62 bits per heavy atom. The summed E-state index contributed by atoms with van der Waals surface area (Å²) in [5.74, 6) is 0. The van der Waals surface area contributed by atoms with Crippen LogP contribution in [0.25, 0.3) is 0 Å². The van der Waals surface area contributed by atoms with Crippen molar-refractivity contribution in [3.63, 3.8) is 0 Å². The molecule has 1 saturated heterocycles. The number of rotatable bonds is 3. The Bertz CT molecular complexity index is 634. The summed E-state index contributed by atoms with van der Waals surface area (Å²) in [6, 6.07) is 2.44. The van der Waals surface area contributed by atoms with E-state index in [2.05, 4.69) is 0 Å². The fourth-order valence-corrected chi connectivity index (χ4v) is 4.90. The first kappa shape index (κ1) is 16.5. The van der Waals surface area contributed by atoms with Gasteiger partial charge < -0.3 is 5.73 Å². The second-order valence-electron chi connectivity index (χ2n) is 4.76. The molecule has 1 aromatic carbocycles. The monoisotopic (exact) mass is 342 g/mol. The third-order valence-electron chi connectivity index (χ3n) is 3.43. The molecule has 2 N–H and O–H groups in total. The van der Waals surface area contributed by atoms with E-state index in [0.29, 0.717) is 18.9 Å². The number of sulfonamides is 1. The second kappa shape index (κ2) is 5.75. The molecule has 4 nitrogen and oxygen atoms in total. The van der Waals surface area contributed by atoms with Crippen molar-refractivity contribution >= 4 is 21.6 Å². The number of nitrogens with two attached hydrogens (primary N) is 1. The number of nitrogens with zero attached hydrogens (tertiary/aromatic N) is 1. The topological polar surface area (TPSA) is 63.4 Å². The van der Waals surface area contributed by atoms with Crippen molar-refractivity contribution in [2.75, 3.05) is 13.1 Å². The van der Waals surface area contributed by atoms with Crippen molar-refractivity contribution in [3.8, 4) is 0 Å². The molecule has 1 aliphatic heterocycles. The minimum absolute atomic E-state index is 0.0605. The summed E-state index contributed by atoms with van der Waals surface area (Å²) in [6.45, 7) is 0.206. The SMILES string of the molecule is NC[C@H]1CCCN1S(=O)(=O)c1c(Cl)cccc1C(F)(F)F. The minimum atomic E-state index is -4.80. The van der Waals surface area contributed by atoms with Gasteiger partial charge >= 0.3 is 6.18 Å². The van der Waals surface area contributed by atoms with Crippen LogP contribution in [-0.2, 0) is 16.2 Å². The highest BCUT2D eigenvalue weighted by Gasteiger charge is 2.43. The Morgan fingerprint density at radius 2 is 2.05 bits per heavy atom. The molecular weight excluding hydrogens is 329 g/mol. The van der Waals surface area contributed by atoms with Crippen molar-refractivity contribution in [1.29, 1.82) is 0 Å². The van der Waals surface area contributed by atoms with Crippen LogP contribution in [0, 0.1) is 0 Å². The smallest absolute Gasteiger partial charge is 0.329 e. The van der Waals surface area contributed by atoms with Crippen LogP contribution >= 0.6 is 11.6 Å². The zero-order valence-electron chi connectivity index (χ0n) is 10.9. The zero-order valence-corrected chi connectivity index (χ0v) is 12.5. The predicted octanol–water partition coefficient (Wildman–Crippen LogP) is 2.47. The van der Waals surface area contributed by atoms with E-state index in [1.54, 1.807) is 0 Å². The van der Waals surface area contributed by atoms with Crippen molar-refractivity contribution in [1.82, 2.24) is 4.31 Å². The van der Waals surface area contributed by atoms with Gasteiger partial charge in [-0.25, -0.2) is 8.42 Å². The fraction of sp³-hybridized carbons (Fsp3) is 0.500. The maximum Gasteiger partial charge on any atom is 0.417 e. The highest BCUT2D eigenvalue weighted by molar-refractivity contribution is 7.89. The summed E-state index contributed by atoms with van der Waals surface area (Å²) in [5, 5.41) is -0.438. The number of halogens is 4. The van der Waals surface area contributed by atoms with E-state index in [9.17, 15) is 21.6 Å². The van der Waals surface area contributed by atoms with Crippen LogP contribution < -0.4 is 5.73 Å². The third-order valence-corrected chi connectivity index (χ3v) is 5.92. The van der Waals surface area contributed by atoms with Crippen molar-refractivity contribution in [3.05, 3.63) is 28.8 Å². The Morgan fingerprint density at radius 1 is 1.38 bits per heavy atom. The summed E-state index contributed by atoms with van der Waals surface area (Å²) < 4.78 is 65.3. The number of benzene rings is 1. The van der Waals surface area contributed by atoms with Crippen molar-refractivity contribution < 1.29 is 21.6 Å². The molecule has 21 heavy (non-hydrogen) atoms. The average molecular weight is 343 g/mol. The molecule has 0 aliphatic carbocycles. The molecule has 0 aromatic heterocycles. The molecule has 0 radical (unpaired) electrons. The van der Waals surface area contributed by atoms with Crippen molar-refractivity contribution in [2.45, 2.75) is 30.0 Å². The molecular formula is C12H14ClF3N2O2S. The van der Waals surface area contributed by atoms with E-state index < -0.39 is 37.7 Å². The third kappa shape index (κ3) is 3.03. The molecule has 1 heterocycles. The van der Waals surface area contributed by atoms with Gasteiger partial charge in [-0.2, -0.15) is 17.5 Å². The molecule has 0 bridgehead atoms. The van der Waals surface area contributed by atoms with E-state index in [-0.39, 0.29) is 13.1 Å². The molecule has 1 aliphatic rings. The first-order valence-corrected chi connectivity index (χ1v) is 8.09. The van der Waals surface area contributed by atoms with Crippen LogP contribution in [0.5, 0.6) is 0 Å². The molecule has 0 unspecified atom stereocenters. The van der Waals surface area contributed by atoms with Gasteiger partial charge in [0.1, 0.15) is 4.90 Å². The van der Waals surface area contributed by atoms with Gasteiger partial charge in [0.25, 0.3) is 0 Å². The zero-order chi connectivity index (χ0) is 15.8. The van der Waals surface area contributed by atoms with E-state index in [1.165, 1.54) is 0 Å². The van der Waals surface area contributed by atoms with E-state index in [0.717, 1.165) is 16.4 Å². The van der Waals surface area contributed by atoms with Gasteiger partial charge in [-0.3, -0.25) is 0 Å². The summed E-state index contributed by atoms with van der Waals surface area (Å²) in [6.07, 6.45) is -3.71. The quantitative estimate of drug-likeness (QED) is 0.917. The van der Waals surface area contributed by atoms with Crippen LogP contribution in [0.15, 0.2) is 23.1 Å². The summed E-state index contributed by atoms with van der Waals surface area (Å²) in [4.78, 5) is -0.889. The van der Waals surface area contributed by atoms with Gasteiger partial charge in [-0.05, 0) is 25.0 Å². The maximum absolute atomic E-state index is 13.1. The largest absolute Gasteiger partial charge is 0.417 e. The molecule has 1 aromatic rings. The summed E-state index contributed by atoms with van der Waals surface area (Å²) >= 11 is 5.75. The summed E-state index contributed by atoms with van der Waals surface area (Å²) in [7, 11) is -4.34. The number of alkyl halides is 3. The van der Waals surface area contributed by atoms with Crippen molar-refractivity contribution in [2.24, 2.45) is 5.73 Å². The van der Waals surface area contributed by atoms with Gasteiger partial charge in [-0.15, -0.1) is 0 Å². The molecule has 0 amide bonds. The van der Waals surface area contributed by atoms with Crippen LogP contribution in [0.4, 0.5) is 13.2 Å². The van der Waals surface area contributed by atoms with Crippen LogP contribution in [0.1, 0.15) is 18.4 Å². The molecule has 9 heteroatoms. The highest BCUT2D eigenvalue weighted by atomic mass is 35.5. The van der Waals surface area contributed by atoms with E-state index in [4.69, 9.17) is 17.3 Å². The van der Waals surface area contributed by atoms with Gasteiger partial charge in [0, 0.05) is 19.1 Å². The molecule has 118 valence electrons. The number of hydrogen-bond acceptors (Lipinski definition) is 3. The predicted molar refractivity (Wildman–Crippen MR) is 72.4 cm³/mol. The maximum atomic E-state index is 13.1. The van der Waals surface area contributed by atoms with E-state index >= 15 is 0 Å². The molecule has 0 saturated carbocycles. The van der Waals surface area contributed by atoms with Crippen LogP contribution in [0.3, 0.4) is 0 Å². The highest BCUT2D eigenvalue weighted by Crippen LogP contribution is 2.40. The second-order valence-corrected chi connectivity index (χ2v) is 7.00. The lowest BCUT2D eigenvalue weighted by atomic mass is 10.2. The molecule has 1 fully saturated rings. The fourth-order valence-electron chi connectivity index (χ4n) is 2.47. The lowest BCUT2D eigenvalue weighted by Gasteiger charge is -2.25. The van der Waals surface area contributed by atoms with E-state index in [1.807, 2.05) is 0 Å². The Hall–Kier alpha value is -0.830. The normalized spacial score (nSPS) is 20.9.